The quantitative estimate of drug-likeness (QED) is 0.608. The molecule has 4 heteroatoms. The van der Waals surface area contributed by atoms with E-state index in [-0.39, 0.29) is 0 Å². The Balaban J connectivity index is 3.35. The first kappa shape index (κ1) is 9.59. The second-order valence-corrected chi connectivity index (χ2v) is 2.58. The highest BCUT2D eigenvalue weighted by Gasteiger charge is 2.33. The normalized spacial score (nSPS) is 11.0. The summed E-state index contributed by atoms with van der Waals surface area (Å²) in [4.78, 5) is 0. The van der Waals surface area contributed by atoms with Crippen molar-refractivity contribution in [2.24, 2.45) is 0 Å². The molecule has 0 heterocycles. The van der Waals surface area contributed by atoms with E-state index in [4.69, 9.17) is 5.26 Å². The number of nitriles is 1. The first-order chi connectivity index (χ1) is 5.95. The fourth-order valence-corrected chi connectivity index (χ4v) is 0.921. The van der Waals surface area contributed by atoms with Crippen molar-refractivity contribution in [1.29, 1.82) is 5.26 Å². The largest absolute Gasteiger partial charge is 0.417 e. The van der Waals surface area contributed by atoms with Crippen molar-refractivity contribution in [3.8, 4) is 6.07 Å². The molecule has 0 aliphatic carbocycles. The molecule has 1 radical (unpaired) electrons. The second-order valence-electron chi connectivity index (χ2n) is 2.58. The van der Waals surface area contributed by atoms with Crippen LogP contribution in [0.4, 0.5) is 13.2 Å². The smallest absolute Gasteiger partial charge is 0.192 e. The van der Waals surface area contributed by atoms with Crippen LogP contribution in [0.1, 0.15) is 16.7 Å². The van der Waals surface area contributed by atoms with Gasteiger partial charge in [0.1, 0.15) is 6.07 Å². The van der Waals surface area contributed by atoms with Crippen LogP contribution in [0, 0.1) is 24.3 Å². The van der Waals surface area contributed by atoms with Crippen molar-refractivity contribution in [3.63, 3.8) is 0 Å². The van der Waals surface area contributed by atoms with Crippen LogP contribution >= 0.6 is 0 Å². The highest BCUT2D eigenvalue weighted by molar-refractivity contribution is 5.40. The lowest BCUT2D eigenvalue weighted by molar-refractivity contribution is -0.137. The summed E-state index contributed by atoms with van der Waals surface area (Å²) < 4.78 is 36.7. The average Bonchev–Trinajstić information content (AvgIpc) is 2.03. The number of rotatable bonds is 0. The third-order valence-electron chi connectivity index (χ3n) is 1.50. The summed E-state index contributed by atoms with van der Waals surface area (Å²) in [5.74, 6) is 0. The molecule has 67 valence electrons. The number of alkyl halides is 3. The molecule has 0 spiro atoms. The van der Waals surface area contributed by atoms with E-state index >= 15 is 0 Å². The lowest BCUT2D eigenvalue weighted by Gasteiger charge is -2.08. The summed E-state index contributed by atoms with van der Waals surface area (Å²) in [7, 11) is 0. The molecule has 0 bridgehead atoms. The molecule has 0 saturated carbocycles. The van der Waals surface area contributed by atoms with Crippen molar-refractivity contribution >= 4 is 0 Å². The summed E-state index contributed by atoms with van der Waals surface area (Å²) in [6.07, 6.45) is -4.48. The number of halogens is 3. The lowest BCUT2D eigenvalue weighted by atomic mass is 10.1. The van der Waals surface area contributed by atoms with Crippen molar-refractivity contribution in [2.75, 3.05) is 0 Å². The molecule has 1 aromatic rings. The van der Waals surface area contributed by atoms with E-state index < -0.39 is 17.3 Å². The van der Waals surface area contributed by atoms with Gasteiger partial charge in [-0.15, -0.1) is 0 Å². The van der Waals surface area contributed by atoms with Gasteiger partial charge in [-0.2, -0.15) is 18.4 Å². The van der Waals surface area contributed by atoms with E-state index in [1.54, 1.807) is 0 Å². The highest BCUT2D eigenvalue weighted by Crippen LogP contribution is 2.31. The number of nitrogens with zero attached hydrogens (tertiary/aromatic N) is 1. The Hall–Kier alpha value is -1.50. The molecule has 0 unspecified atom stereocenters. The summed E-state index contributed by atoms with van der Waals surface area (Å²) in [6, 6.07) is 6.03. The topological polar surface area (TPSA) is 23.8 Å². The second kappa shape index (κ2) is 3.09. The van der Waals surface area contributed by atoms with Gasteiger partial charge in [0, 0.05) is 6.07 Å². The lowest BCUT2D eigenvalue weighted by Crippen LogP contribution is -2.08. The van der Waals surface area contributed by atoms with Gasteiger partial charge < -0.3 is 0 Å². The van der Waals surface area contributed by atoms with Crippen molar-refractivity contribution in [3.05, 3.63) is 34.9 Å². The minimum absolute atomic E-state index is 0.436. The molecule has 1 rings (SSSR count). The van der Waals surface area contributed by atoms with E-state index in [0.717, 1.165) is 6.07 Å². The number of hydrogen-bond acceptors (Lipinski definition) is 1. The van der Waals surface area contributed by atoms with Gasteiger partial charge in [0.05, 0.1) is 11.1 Å². The van der Waals surface area contributed by atoms with Gasteiger partial charge in [-0.3, -0.25) is 0 Å². The molecule has 0 aliphatic heterocycles. The van der Waals surface area contributed by atoms with Gasteiger partial charge in [-0.25, -0.2) is 0 Å². The molecule has 0 saturated heterocycles. The van der Waals surface area contributed by atoms with Gasteiger partial charge >= 0.3 is 6.18 Å². The predicted octanol–water partition coefficient (Wildman–Crippen LogP) is 2.69. The maximum atomic E-state index is 12.2. The van der Waals surface area contributed by atoms with E-state index in [1.807, 2.05) is 0 Å². The minimum Gasteiger partial charge on any atom is -0.192 e. The first-order valence-corrected chi connectivity index (χ1v) is 3.45. The molecule has 1 aromatic carbocycles. The van der Waals surface area contributed by atoms with Crippen LogP contribution in [0.3, 0.4) is 0 Å². The van der Waals surface area contributed by atoms with Gasteiger partial charge in [-0.05, 0) is 18.6 Å². The Kier molecular flexibility index (Phi) is 2.28. The van der Waals surface area contributed by atoms with Crippen LogP contribution in [-0.2, 0) is 6.18 Å². The molecule has 0 fully saturated rings. The maximum absolute atomic E-state index is 12.2. The first-order valence-electron chi connectivity index (χ1n) is 3.45. The van der Waals surface area contributed by atoms with Crippen molar-refractivity contribution in [2.45, 2.75) is 13.1 Å². The van der Waals surface area contributed by atoms with Gasteiger partial charge in [-0.1, -0.05) is 6.07 Å². The Morgan fingerprint density at radius 2 is 2.08 bits per heavy atom. The third-order valence-corrected chi connectivity index (χ3v) is 1.50. The molecule has 0 aliphatic rings. The Morgan fingerprint density at radius 3 is 2.54 bits per heavy atom. The van der Waals surface area contributed by atoms with E-state index in [2.05, 4.69) is 6.07 Å². The zero-order valence-corrected chi connectivity index (χ0v) is 6.74. The van der Waals surface area contributed by atoms with Gasteiger partial charge in [0.2, 0.25) is 0 Å². The zero-order valence-electron chi connectivity index (χ0n) is 6.74. The van der Waals surface area contributed by atoms with Crippen LogP contribution in [0.5, 0.6) is 0 Å². The summed E-state index contributed by atoms with van der Waals surface area (Å²) in [5.41, 5.74) is -0.945. The molecule has 1 nitrogen and oxygen atoms in total. The molecule has 0 aromatic heterocycles. The number of hydrogen-bond donors (Lipinski definition) is 0. The summed E-state index contributed by atoms with van der Waals surface area (Å²) in [6.45, 7) is 1.52. The van der Waals surface area contributed by atoms with Crippen LogP contribution in [0.2, 0.25) is 0 Å². The fraction of sp³-hybridized carbons (Fsp3) is 0.222. The standard InChI is InChI=1S/C9H5F3N/c1-6-2-3-7(5-13)8(4-6)9(10,11)12/h2,4H,1H3. The van der Waals surface area contributed by atoms with E-state index in [9.17, 15) is 13.2 Å². The monoisotopic (exact) mass is 184 g/mol. The molecular weight excluding hydrogens is 179 g/mol. The Morgan fingerprint density at radius 1 is 1.46 bits per heavy atom. The Bertz CT molecular complexity index is 360. The van der Waals surface area contributed by atoms with Crippen LogP contribution in [0.25, 0.3) is 0 Å². The average molecular weight is 184 g/mol. The summed E-state index contributed by atoms with van der Waals surface area (Å²) in [5, 5.41) is 8.39. The number of aryl methyl sites for hydroxylation is 1. The van der Waals surface area contributed by atoms with Crippen molar-refractivity contribution < 1.29 is 13.2 Å². The Labute approximate surface area is 73.4 Å². The SMILES string of the molecule is Cc1c[c]c(C#N)c(C(F)(F)F)c1. The van der Waals surface area contributed by atoms with Gasteiger partial charge in [0.25, 0.3) is 0 Å². The maximum Gasteiger partial charge on any atom is 0.417 e. The van der Waals surface area contributed by atoms with Crippen LogP contribution in [-0.4, -0.2) is 0 Å². The van der Waals surface area contributed by atoms with Gasteiger partial charge in [0.15, 0.2) is 0 Å². The zero-order chi connectivity index (χ0) is 10.1. The number of benzene rings is 1. The summed E-state index contributed by atoms with van der Waals surface area (Å²) >= 11 is 0. The van der Waals surface area contributed by atoms with Crippen LogP contribution < -0.4 is 0 Å². The molecule has 13 heavy (non-hydrogen) atoms. The van der Waals surface area contributed by atoms with E-state index in [1.165, 1.54) is 19.1 Å². The molecule has 0 N–H and O–H groups in total. The minimum atomic E-state index is -4.48. The van der Waals surface area contributed by atoms with Crippen LogP contribution in [0.15, 0.2) is 12.1 Å². The molecular formula is C9H5F3N. The van der Waals surface area contributed by atoms with E-state index in [0.29, 0.717) is 5.56 Å². The predicted molar refractivity (Wildman–Crippen MR) is 39.7 cm³/mol. The molecule has 0 amide bonds. The fourth-order valence-electron chi connectivity index (χ4n) is 0.921. The highest BCUT2D eigenvalue weighted by atomic mass is 19.4. The molecule has 0 atom stereocenters. The third kappa shape index (κ3) is 2.00. The van der Waals surface area contributed by atoms with Crippen molar-refractivity contribution in [1.82, 2.24) is 0 Å².